The summed E-state index contributed by atoms with van der Waals surface area (Å²) in [7, 11) is 1.49. The molecule has 138 valence electrons. The minimum Gasteiger partial charge on any atom is -0.496 e. The topological polar surface area (TPSA) is 75.9 Å². The van der Waals surface area contributed by atoms with Crippen molar-refractivity contribution >= 4 is 40.4 Å². The molecule has 2 aromatic rings. The molecule has 2 heterocycles. The van der Waals surface area contributed by atoms with Crippen molar-refractivity contribution in [2.24, 2.45) is 0 Å². The fourth-order valence-corrected chi connectivity index (χ4v) is 3.89. The number of ether oxygens (including phenoxy) is 1. The van der Waals surface area contributed by atoms with Crippen molar-refractivity contribution in [3.8, 4) is 5.75 Å². The van der Waals surface area contributed by atoms with Crippen molar-refractivity contribution in [2.45, 2.75) is 6.92 Å². The van der Waals surface area contributed by atoms with Crippen LogP contribution in [-0.2, 0) is 0 Å². The van der Waals surface area contributed by atoms with Gasteiger partial charge in [0.25, 0.3) is 11.8 Å². The van der Waals surface area contributed by atoms with E-state index in [-0.39, 0.29) is 11.8 Å². The van der Waals surface area contributed by atoms with Gasteiger partial charge in [-0.2, -0.15) is 0 Å². The van der Waals surface area contributed by atoms with Crippen LogP contribution in [0, 0.1) is 6.92 Å². The number of aryl methyl sites for hydroxylation is 1. The van der Waals surface area contributed by atoms with E-state index in [0.717, 1.165) is 9.75 Å². The van der Waals surface area contributed by atoms with E-state index in [1.165, 1.54) is 24.5 Å². The molecular weight excluding hydrogens is 374 g/mol. The van der Waals surface area contributed by atoms with Crippen LogP contribution >= 0.6 is 22.9 Å². The second-order valence-electron chi connectivity index (χ2n) is 6.07. The number of amides is 2. The Kier molecular flexibility index (Phi) is 5.38. The van der Waals surface area contributed by atoms with Crippen LogP contribution in [0.4, 0.5) is 5.69 Å². The quantitative estimate of drug-likeness (QED) is 0.813. The molecule has 3 rings (SSSR count). The standard InChI is InChI=1S/C18H20ClN3O3S/c1-11-3-4-16(26-11)18(24)22-7-5-21(6-8-22)17(23)12-9-13(19)14(20)10-15(12)25-2/h3-4,9-10H,5-8,20H2,1-2H3. The monoisotopic (exact) mass is 393 g/mol. The van der Waals surface area contributed by atoms with Crippen molar-refractivity contribution < 1.29 is 14.3 Å². The van der Waals surface area contributed by atoms with Crippen molar-refractivity contribution in [3.63, 3.8) is 0 Å². The highest BCUT2D eigenvalue weighted by molar-refractivity contribution is 7.13. The predicted molar refractivity (Wildman–Crippen MR) is 103 cm³/mol. The van der Waals surface area contributed by atoms with Crippen molar-refractivity contribution in [2.75, 3.05) is 39.0 Å². The van der Waals surface area contributed by atoms with Gasteiger partial charge in [-0.1, -0.05) is 11.6 Å². The molecule has 1 fully saturated rings. The average molecular weight is 394 g/mol. The van der Waals surface area contributed by atoms with E-state index in [2.05, 4.69) is 0 Å². The first-order valence-corrected chi connectivity index (χ1v) is 9.38. The Morgan fingerprint density at radius 2 is 1.73 bits per heavy atom. The van der Waals surface area contributed by atoms with E-state index in [4.69, 9.17) is 22.1 Å². The van der Waals surface area contributed by atoms with Gasteiger partial charge in [0, 0.05) is 37.1 Å². The third kappa shape index (κ3) is 3.64. The van der Waals surface area contributed by atoms with E-state index >= 15 is 0 Å². The Morgan fingerprint density at radius 3 is 2.27 bits per heavy atom. The van der Waals surface area contributed by atoms with Gasteiger partial charge in [0.15, 0.2) is 0 Å². The normalized spacial score (nSPS) is 14.4. The molecule has 0 unspecified atom stereocenters. The minimum absolute atomic E-state index is 0.0170. The number of methoxy groups -OCH3 is 1. The summed E-state index contributed by atoms with van der Waals surface area (Å²) in [6.07, 6.45) is 0. The lowest BCUT2D eigenvalue weighted by atomic mass is 10.1. The van der Waals surface area contributed by atoms with E-state index in [0.29, 0.717) is 48.2 Å². The molecule has 0 atom stereocenters. The van der Waals surface area contributed by atoms with Crippen LogP contribution < -0.4 is 10.5 Å². The van der Waals surface area contributed by atoms with E-state index < -0.39 is 0 Å². The second-order valence-corrected chi connectivity index (χ2v) is 7.76. The predicted octanol–water partition coefficient (Wildman–Crippen LogP) is 2.90. The lowest BCUT2D eigenvalue weighted by molar-refractivity contribution is 0.0536. The lowest BCUT2D eigenvalue weighted by Crippen LogP contribution is -2.50. The molecule has 1 aliphatic rings. The number of halogens is 1. The Bertz CT molecular complexity index is 844. The summed E-state index contributed by atoms with van der Waals surface area (Å²) in [5, 5.41) is 0.316. The Morgan fingerprint density at radius 1 is 1.12 bits per heavy atom. The van der Waals surface area contributed by atoms with E-state index in [1.54, 1.807) is 15.9 Å². The Balaban J connectivity index is 1.69. The van der Waals surface area contributed by atoms with Crippen LogP contribution in [0.2, 0.25) is 5.02 Å². The summed E-state index contributed by atoms with van der Waals surface area (Å²) < 4.78 is 5.26. The Labute approximate surface area is 161 Å². The number of anilines is 1. The highest BCUT2D eigenvalue weighted by Gasteiger charge is 2.28. The molecule has 0 aliphatic carbocycles. The molecule has 8 heteroatoms. The van der Waals surface area contributed by atoms with Crippen molar-refractivity contribution in [1.29, 1.82) is 0 Å². The van der Waals surface area contributed by atoms with Gasteiger partial charge in [-0.15, -0.1) is 11.3 Å². The lowest BCUT2D eigenvalue weighted by Gasteiger charge is -2.34. The van der Waals surface area contributed by atoms with Gasteiger partial charge in [0.05, 0.1) is 28.3 Å². The van der Waals surface area contributed by atoms with Gasteiger partial charge in [-0.3, -0.25) is 9.59 Å². The zero-order chi connectivity index (χ0) is 18.8. The van der Waals surface area contributed by atoms with Crippen LogP contribution in [0.1, 0.15) is 24.9 Å². The molecule has 1 aromatic heterocycles. The maximum atomic E-state index is 12.8. The first-order valence-electron chi connectivity index (χ1n) is 8.18. The summed E-state index contributed by atoms with van der Waals surface area (Å²) in [6.45, 7) is 3.88. The van der Waals surface area contributed by atoms with Gasteiger partial charge in [0.2, 0.25) is 0 Å². The van der Waals surface area contributed by atoms with Gasteiger partial charge >= 0.3 is 0 Å². The summed E-state index contributed by atoms with van der Waals surface area (Å²) >= 11 is 7.54. The summed E-state index contributed by atoms with van der Waals surface area (Å²) in [5.74, 6) is 0.232. The van der Waals surface area contributed by atoms with Crippen LogP contribution in [-0.4, -0.2) is 54.9 Å². The molecule has 1 aromatic carbocycles. The molecule has 26 heavy (non-hydrogen) atoms. The average Bonchev–Trinajstić information content (AvgIpc) is 3.09. The summed E-state index contributed by atoms with van der Waals surface area (Å²) in [5.41, 5.74) is 6.51. The minimum atomic E-state index is -0.178. The van der Waals surface area contributed by atoms with Crippen molar-refractivity contribution in [1.82, 2.24) is 9.80 Å². The number of piperazine rings is 1. The third-order valence-electron chi connectivity index (χ3n) is 4.35. The van der Waals surface area contributed by atoms with Crippen LogP contribution in [0.5, 0.6) is 5.75 Å². The Hall–Kier alpha value is -2.25. The number of nitrogens with zero attached hydrogens (tertiary/aromatic N) is 2. The smallest absolute Gasteiger partial charge is 0.264 e. The van der Waals surface area contributed by atoms with Gasteiger partial charge in [-0.05, 0) is 25.1 Å². The van der Waals surface area contributed by atoms with Gasteiger partial charge in [0.1, 0.15) is 5.75 Å². The van der Waals surface area contributed by atoms with Gasteiger partial charge in [-0.25, -0.2) is 0 Å². The maximum absolute atomic E-state index is 12.8. The fraction of sp³-hybridized carbons (Fsp3) is 0.333. The number of benzene rings is 1. The number of thiophene rings is 1. The SMILES string of the molecule is COc1cc(N)c(Cl)cc1C(=O)N1CCN(C(=O)c2ccc(C)s2)CC1. The molecule has 2 amide bonds. The number of hydrogen-bond donors (Lipinski definition) is 1. The number of rotatable bonds is 3. The number of hydrogen-bond acceptors (Lipinski definition) is 5. The van der Waals surface area contributed by atoms with Crippen LogP contribution in [0.15, 0.2) is 24.3 Å². The number of carbonyl (C=O) groups is 2. The van der Waals surface area contributed by atoms with E-state index in [1.807, 2.05) is 19.1 Å². The van der Waals surface area contributed by atoms with E-state index in [9.17, 15) is 9.59 Å². The zero-order valence-corrected chi connectivity index (χ0v) is 16.2. The highest BCUT2D eigenvalue weighted by atomic mass is 35.5. The molecule has 0 radical (unpaired) electrons. The van der Waals surface area contributed by atoms with Crippen LogP contribution in [0.3, 0.4) is 0 Å². The summed E-state index contributed by atoms with van der Waals surface area (Å²) in [6, 6.07) is 6.87. The van der Waals surface area contributed by atoms with Gasteiger partial charge < -0.3 is 20.3 Å². The summed E-state index contributed by atoms with van der Waals surface area (Å²) in [4.78, 5) is 30.7. The number of carbonyl (C=O) groups excluding carboxylic acids is 2. The zero-order valence-electron chi connectivity index (χ0n) is 14.6. The fourth-order valence-electron chi connectivity index (χ4n) is 2.89. The molecule has 2 N–H and O–H groups in total. The molecule has 1 saturated heterocycles. The molecule has 0 bridgehead atoms. The number of nitrogens with two attached hydrogens (primary N) is 1. The van der Waals surface area contributed by atoms with Crippen LogP contribution in [0.25, 0.3) is 0 Å². The molecule has 0 saturated carbocycles. The maximum Gasteiger partial charge on any atom is 0.264 e. The molecular formula is C18H20ClN3O3S. The first-order chi connectivity index (χ1) is 12.4. The van der Waals surface area contributed by atoms with Crippen molar-refractivity contribution in [3.05, 3.63) is 44.6 Å². The molecule has 6 nitrogen and oxygen atoms in total. The molecule has 1 aliphatic heterocycles. The third-order valence-corrected chi connectivity index (χ3v) is 5.67. The highest BCUT2D eigenvalue weighted by Crippen LogP contribution is 2.30. The second kappa shape index (κ2) is 7.55. The first kappa shape index (κ1) is 18.5. The number of nitrogen functional groups attached to an aromatic ring is 1. The molecule has 0 spiro atoms. The largest absolute Gasteiger partial charge is 0.496 e.